The molecule has 1 N–H and O–H groups in total. The van der Waals surface area contributed by atoms with Crippen molar-refractivity contribution in [2.45, 2.75) is 13.5 Å². The molecular formula is C13H19NO6. The van der Waals surface area contributed by atoms with E-state index < -0.39 is 5.97 Å². The fraction of sp³-hybridized carbons (Fsp3) is 0.538. The summed E-state index contributed by atoms with van der Waals surface area (Å²) >= 11 is 0. The van der Waals surface area contributed by atoms with Crippen LogP contribution in [-0.4, -0.2) is 55.9 Å². The molecule has 0 aliphatic carbocycles. The van der Waals surface area contributed by atoms with Crippen molar-refractivity contribution in [3.8, 4) is 0 Å². The molecule has 112 valence electrons. The van der Waals surface area contributed by atoms with Crippen LogP contribution in [0.5, 0.6) is 0 Å². The van der Waals surface area contributed by atoms with Crippen molar-refractivity contribution in [3.05, 3.63) is 23.2 Å². The molecule has 1 heterocycles. The zero-order valence-electron chi connectivity index (χ0n) is 11.8. The second-order valence-corrected chi connectivity index (χ2v) is 4.28. The number of methoxy groups -OCH3 is 1. The Labute approximate surface area is 117 Å². The summed E-state index contributed by atoms with van der Waals surface area (Å²) in [6.07, 6.45) is 0. The topological polar surface area (TPSA) is 89.2 Å². The van der Waals surface area contributed by atoms with Gasteiger partial charge in [-0.2, -0.15) is 0 Å². The van der Waals surface area contributed by atoms with Crippen LogP contribution in [0, 0.1) is 6.92 Å². The van der Waals surface area contributed by atoms with E-state index in [1.165, 1.54) is 11.0 Å². The van der Waals surface area contributed by atoms with Crippen molar-refractivity contribution in [1.29, 1.82) is 0 Å². The summed E-state index contributed by atoms with van der Waals surface area (Å²) in [5, 5.41) is 8.92. The summed E-state index contributed by atoms with van der Waals surface area (Å²) in [5.74, 6) is -0.515. The third-order valence-electron chi connectivity index (χ3n) is 2.68. The van der Waals surface area contributed by atoms with E-state index in [2.05, 4.69) is 0 Å². The Bertz CT molecular complexity index is 467. The second kappa shape index (κ2) is 7.66. The molecule has 0 bridgehead atoms. The van der Waals surface area contributed by atoms with Gasteiger partial charge in [0.15, 0.2) is 0 Å². The van der Waals surface area contributed by atoms with Crippen LogP contribution in [0.2, 0.25) is 0 Å². The van der Waals surface area contributed by atoms with Crippen molar-refractivity contribution >= 4 is 11.9 Å². The van der Waals surface area contributed by atoms with E-state index in [-0.39, 0.29) is 24.6 Å². The third-order valence-corrected chi connectivity index (χ3v) is 2.68. The SMILES string of the molecule is COCCOCC(=O)N(C)Cc1cc(C(=O)O)c(C)o1. The van der Waals surface area contributed by atoms with Gasteiger partial charge in [-0.25, -0.2) is 4.79 Å². The molecule has 0 spiro atoms. The van der Waals surface area contributed by atoms with E-state index >= 15 is 0 Å². The lowest BCUT2D eigenvalue weighted by atomic mass is 10.2. The van der Waals surface area contributed by atoms with Crippen LogP contribution in [0.3, 0.4) is 0 Å². The highest BCUT2D eigenvalue weighted by molar-refractivity contribution is 5.88. The van der Waals surface area contributed by atoms with Gasteiger partial charge in [0, 0.05) is 14.2 Å². The van der Waals surface area contributed by atoms with E-state index in [4.69, 9.17) is 19.0 Å². The number of nitrogens with zero attached hydrogens (tertiary/aromatic N) is 1. The number of aromatic carboxylic acids is 1. The van der Waals surface area contributed by atoms with E-state index in [0.717, 1.165) is 0 Å². The minimum Gasteiger partial charge on any atom is -0.478 e. The summed E-state index contributed by atoms with van der Waals surface area (Å²) in [6, 6.07) is 1.42. The Balaban J connectivity index is 2.49. The molecule has 0 saturated carbocycles. The van der Waals surface area contributed by atoms with Crippen LogP contribution < -0.4 is 0 Å². The zero-order valence-corrected chi connectivity index (χ0v) is 11.8. The van der Waals surface area contributed by atoms with Crippen molar-refractivity contribution in [2.75, 3.05) is 34.0 Å². The first-order chi connectivity index (χ1) is 9.45. The zero-order chi connectivity index (χ0) is 15.1. The van der Waals surface area contributed by atoms with Crippen LogP contribution in [0.1, 0.15) is 21.9 Å². The molecule has 1 amide bonds. The number of carbonyl (C=O) groups is 2. The molecule has 7 nitrogen and oxygen atoms in total. The smallest absolute Gasteiger partial charge is 0.339 e. The van der Waals surface area contributed by atoms with Gasteiger partial charge >= 0.3 is 5.97 Å². The Morgan fingerprint density at radius 3 is 2.65 bits per heavy atom. The lowest BCUT2D eigenvalue weighted by Crippen LogP contribution is -2.30. The Morgan fingerprint density at radius 2 is 2.10 bits per heavy atom. The first-order valence-electron chi connectivity index (χ1n) is 6.09. The average Bonchev–Trinajstić information content (AvgIpc) is 2.75. The molecule has 1 aromatic rings. The highest BCUT2D eigenvalue weighted by atomic mass is 16.5. The van der Waals surface area contributed by atoms with Crippen molar-refractivity contribution in [3.63, 3.8) is 0 Å². The lowest BCUT2D eigenvalue weighted by Gasteiger charge is -2.15. The maximum atomic E-state index is 11.7. The predicted octanol–water partition coefficient (Wildman–Crippen LogP) is 0.908. The van der Waals surface area contributed by atoms with Crippen LogP contribution in [-0.2, 0) is 20.8 Å². The van der Waals surface area contributed by atoms with Gasteiger partial charge in [0.05, 0.1) is 19.8 Å². The van der Waals surface area contributed by atoms with Gasteiger partial charge in [0.1, 0.15) is 23.7 Å². The number of carboxylic acids is 1. The molecular weight excluding hydrogens is 266 g/mol. The van der Waals surface area contributed by atoms with Gasteiger partial charge < -0.3 is 23.9 Å². The number of amides is 1. The first-order valence-corrected chi connectivity index (χ1v) is 6.09. The number of ether oxygens (including phenoxy) is 2. The number of rotatable bonds is 8. The number of hydrogen-bond acceptors (Lipinski definition) is 5. The summed E-state index contributed by atoms with van der Waals surface area (Å²) in [7, 11) is 3.15. The normalized spacial score (nSPS) is 10.6. The molecule has 0 saturated heterocycles. The van der Waals surface area contributed by atoms with E-state index in [0.29, 0.717) is 24.7 Å². The molecule has 0 aliphatic rings. The lowest BCUT2D eigenvalue weighted by molar-refractivity contribution is -0.136. The van der Waals surface area contributed by atoms with Crippen molar-refractivity contribution < 1.29 is 28.6 Å². The second-order valence-electron chi connectivity index (χ2n) is 4.28. The Morgan fingerprint density at radius 1 is 1.40 bits per heavy atom. The number of carbonyl (C=O) groups excluding carboxylic acids is 1. The number of likely N-dealkylation sites (N-methyl/N-ethyl adjacent to an activating group) is 1. The minimum absolute atomic E-state index is 0.0503. The maximum Gasteiger partial charge on any atom is 0.339 e. The largest absolute Gasteiger partial charge is 0.478 e. The van der Waals surface area contributed by atoms with Gasteiger partial charge in [-0.15, -0.1) is 0 Å². The fourth-order valence-electron chi connectivity index (χ4n) is 1.57. The van der Waals surface area contributed by atoms with Crippen LogP contribution in [0.4, 0.5) is 0 Å². The maximum absolute atomic E-state index is 11.7. The van der Waals surface area contributed by atoms with Crippen LogP contribution >= 0.6 is 0 Å². The first kappa shape index (κ1) is 16.2. The molecule has 0 aliphatic heterocycles. The molecule has 1 aromatic heterocycles. The van der Waals surface area contributed by atoms with Gasteiger partial charge in [-0.1, -0.05) is 0 Å². The van der Waals surface area contributed by atoms with Gasteiger partial charge in [0.25, 0.3) is 0 Å². The number of hydrogen-bond donors (Lipinski definition) is 1. The average molecular weight is 285 g/mol. The molecule has 7 heteroatoms. The minimum atomic E-state index is -1.05. The van der Waals surface area contributed by atoms with Crippen LogP contribution in [0.25, 0.3) is 0 Å². The molecule has 0 aromatic carbocycles. The monoisotopic (exact) mass is 285 g/mol. The number of carboxylic acid groups (broad SMARTS) is 1. The number of furan rings is 1. The quantitative estimate of drug-likeness (QED) is 0.714. The molecule has 0 unspecified atom stereocenters. The number of aryl methyl sites for hydroxylation is 1. The standard InChI is InChI=1S/C13H19NO6/c1-9-11(13(16)17)6-10(20-9)7-14(2)12(15)8-19-5-4-18-3/h6H,4-5,7-8H2,1-3H3,(H,16,17). The summed E-state index contributed by atoms with van der Waals surface area (Å²) in [4.78, 5) is 24.0. The Hall–Kier alpha value is -1.86. The summed E-state index contributed by atoms with van der Waals surface area (Å²) in [5.41, 5.74) is 0.109. The van der Waals surface area contributed by atoms with Crippen molar-refractivity contribution in [2.24, 2.45) is 0 Å². The van der Waals surface area contributed by atoms with Crippen molar-refractivity contribution in [1.82, 2.24) is 4.90 Å². The highest BCUT2D eigenvalue weighted by Crippen LogP contribution is 2.16. The molecule has 0 atom stereocenters. The summed E-state index contributed by atoms with van der Waals surface area (Å²) < 4.78 is 15.2. The molecule has 0 fully saturated rings. The highest BCUT2D eigenvalue weighted by Gasteiger charge is 2.16. The van der Waals surface area contributed by atoms with E-state index in [9.17, 15) is 9.59 Å². The van der Waals surface area contributed by atoms with E-state index in [1.54, 1.807) is 21.1 Å². The molecule has 1 rings (SSSR count). The fourth-order valence-corrected chi connectivity index (χ4v) is 1.57. The Kier molecular flexibility index (Phi) is 6.20. The van der Waals surface area contributed by atoms with Gasteiger partial charge in [-0.05, 0) is 13.0 Å². The summed E-state index contributed by atoms with van der Waals surface area (Å²) in [6.45, 7) is 2.49. The van der Waals surface area contributed by atoms with Gasteiger partial charge in [0.2, 0.25) is 5.91 Å². The predicted molar refractivity (Wildman–Crippen MR) is 69.6 cm³/mol. The van der Waals surface area contributed by atoms with Gasteiger partial charge in [-0.3, -0.25) is 4.79 Å². The molecule has 0 radical (unpaired) electrons. The molecule has 20 heavy (non-hydrogen) atoms. The van der Waals surface area contributed by atoms with Crippen LogP contribution in [0.15, 0.2) is 10.5 Å². The third kappa shape index (κ3) is 4.67. The van der Waals surface area contributed by atoms with E-state index in [1.807, 2.05) is 0 Å².